The largest absolute Gasteiger partial charge is 0.301 e. The molecule has 1 N–H and O–H groups in total. The molecule has 0 spiro atoms. The molecule has 0 aliphatic rings. The zero-order chi connectivity index (χ0) is 18.0. The van der Waals surface area contributed by atoms with Crippen molar-refractivity contribution in [2.45, 2.75) is 52.7 Å². The Morgan fingerprint density at radius 2 is 1.25 bits per heavy atom. The minimum absolute atomic E-state index is 0.00367. The molecule has 0 saturated carbocycles. The Morgan fingerprint density at radius 1 is 0.792 bits per heavy atom. The zero-order valence-corrected chi connectivity index (χ0v) is 16.6. The summed E-state index contributed by atoms with van der Waals surface area (Å²) in [7, 11) is -2.82. The van der Waals surface area contributed by atoms with E-state index in [1.54, 1.807) is 0 Å². The second-order valence-corrected chi connectivity index (χ2v) is 11.8. The summed E-state index contributed by atoms with van der Waals surface area (Å²) in [5, 5.41) is 4.12. The maximum Gasteiger partial charge on any atom is 0.181 e. The molecular weight excluding hydrogens is 313 g/mol. The summed E-state index contributed by atoms with van der Waals surface area (Å²) in [5.41, 5.74) is 1.11. The predicted molar refractivity (Wildman–Crippen MR) is 105 cm³/mol. The third-order valence-corrected chi connectivity index (χ3v) is 7.91. The van der Waals surface area contributed by atoms with Crippen LogP contribution in [-0.2, 0) is 4.57 Å². The molecule has 0 saturated heterocycles. The summed E-state index contributed by atoms with van der Waals surface area (Å²) in [6, 6.07) is 20.2. The fourth-order valence-corrected chi connectivity index (χ4v) is 5.69. The van der Waals surface area contributed by atoms with Crippen LogP contribution in [0.25, 0.3) is 0 Å². The van der Waals surface area contributed by atoms with Gasteiger partial charge < -0.3 is 4.57 Å². The highest BCUT2D eigenvalue weighted by molar-refractivity contribution is 7.71. The Labute approximate surface area is 147 Å². The van der Waals surface area contributed by atoms with Crippen molar-refractivity contribution in [3.05, 3.63) is 66.2 Å². The van der Waals surface area contributed by atoms with E-state index in [4.69, 9.17) is 0 Å². The molecule has 3 heteroatoms. The Morgan fingerprint density at radius 3 is 1.67 bits per heavy atom. The number of benzene rings is 2. The van der Waals surface area contributed by atoms with E-state index in [1.165, 1.54) is 5.56 Å². The summed E-state index contributed by atoms with van der Waals surface area (Å²) < 4.78 is 14.2. The van der Waals surface area contributed by atoms with E-state index in [1.807, 2.05) is 48.5 Å². The van der Waals surface area contributed by atoms with Gasteiger partial charge in [-0.2, -0.15) is 0 Å². The first kappa shape index (κ1) is 19.0. The summed E-state index contributed by atoms with van der Waals surface area (Å²) >= 11 is 0. The van der Waals surface area contributed by atoms with E-state index in [0.29, 0.717) is 0 Å². The maximum atomic E-state index is 14.2. The van der Waals surface area contributed by atoms with Crippen LogP contribution < -0.4 is 10.4 Å². The van der Waals surface area contributed by atoms with Crippen LogP contribution in [0.3, 0.4) is 0 Å². The van der Waals surface area contributed by atoms with Crippen LogP contribution in [0.15, 0.2) is 60.7 Å². The van der Waals surface area contributed by atoms with Crippen LogP contribution in [-0.4, -0.2) is 5.16 Å². The maximum absolute atomic E-state index is 14.2. The SMILES string of the molecule is CC(C)(C)[C@@H](NP(=O)(c1ccccc1)C(C)(C)C)c1ccccc1. The molecule has 2 aromatic rings. The van der Waals surface area contributed by atoms with Crippen molar-refractivity contribution in [1.29, 1.82) is 0 Å². The smallest absolute Gasteiger partial charge is 0.181 e. The minimum Gasteiger partial charge on any atom is -0.301 e. The van der Waals surface area contributed by atoms with Crippen LogP contribution in [0.2, 0.25) is 0 Å². The lowest BCUT2D eigenvalue weighted by molar-refractivity contribution is 0.302. The van der Waals surface area contributed by atoms with Gasteiger partial charge in [-0.1, -0.05) is 102 Å². The average Bonchev–Trinajstić information content (AvgIpc) is 2.52. The van der Waals surface area contributed by atoms with Crippen LogP contribution in [0.4, 0.5) is 0 Å². The number of hydrogen-bond donors (Lipinski definition) is 1. The molecule has 0 aromatic heterocycles. The van der Waals surface area contributed by atoms with E-state index >= 15 is 0 Å². The van der Waals surface area contributed by atoms with Gasteiger partial charge >= 0.3 is 0 Å². The van der Waals surface area contributed by atoms with E-state index < -0.39 is 7.29 Å². The van der Waals surface area contributed by atoms with Gasteiger partial charge in [0.25, 0.3) is 0 Å². The van der Waals surface area contributed by atoms with Crippen molar-refractivity contribution in [2.24, 2.45) is 5.41 Å². The van der Waals surface area contributed by atoms with E-state index in [2.05, 4.69) is 58.8 Å². The predicted octanol–water partition coefficient (Wildman–Crippen LogP) is 5.77. The van der Waals surface area contributed by atoms with Gasteiger partial charge in [0.15, 0.2) is 7.29 Å². The summed E-state index contributed by atoms with van der Waals surface area (Å²) in [4.78, 5) is 0. The third-order valence-electron chi connectivity index (χ3n) is 4.37. The molecule has 0 bridgehead atoms. The molecule has 0 heterocycles. The first-order valence-electron chi connectivity index (χ1n) is 8.54. The van der Waals surface area contributed by atoms with Gasteiger partial charge in [0.05, 0.1) is 0 Å². The van der Waals surface area contributed by atoms with E-state index in [0.717, 1.165) is 5.30 Å². The highest BCUT2D eigenvalue weighted by atomic mass is 31.2. The van der Waals surface area contributed by atoms with Gasteiger partial charge in [-0.25, -0.2) is 0 Å². The lowest BCUT2D eigenvalue weighted by Crippen LogP contribution is -2.39. The molecule has 0 fully saturated rings. The van der Waals surface area contributed by atoms with E-state index in [-0.39, 0.29) is 16.6 Å². The fourth-order valence-electron chi connectivity index (χ4n) is 2.89. The number of nitrogens with one attached hydrogen (secondary N) is 1. The van der Waals surface area contributed by atoms with Gasteiger partial charge in [0, 0.05) is 16.5 Å². The molecule has 2 aromatic carbocycles. The molecule has 0 amide bonds. The quantitative estimate of drug-likeness (QED) is 0.715. The molecule has 0 radical (unpaired) electrons. The van der Waals surface area contributed by atoms with Crippen molar-refractivity contribution in [1.82, 2.24) is 5.09 Å². The van der Waals surface area contributed by atoms with Crippen LogP contribution in [0.1, 0.15) is 53.1 Å². The Kier molecular flexibility index (Phi) is 5.42. The van der Waals surface area contributed by atoms with Gasteiger partial charge in [0.1, 0.15) is 0 Å². The standard InChI is InChI=1S/C21H30NOP/c1-20(2,3)19(17-13-9-7-10-14-17)22-24(23,21(4,5)6)18-15-11-8-12-16-18/h7-16,19H,1-6H3,(H,22,23)/t19-,24?/m0/s1. The Hall–Kier alpha value is -1.37. The van der Waals surface area contributed by atoms with Crippen LogP contribution in [0.5, 0.6) is 0 Å². The normalized spacial score (nSPS) is 16.4. The molecule has 0 aliphatic heterocycles. The number of hydrogen-bond acceptors (Lipinski definition) is 1. The van der Waals surface area contributed by atoms with Gasteiger partial charge in [-0.05, 0) is 11.0 Å². The molecule has 0 aliphatic carbocycles. The van der Waals surface area contributed by atoms with Crippen molar-refractivity contribution >= 4 is 12.6 Å². The minimum atomic E-state index is -2.82. The van der Waals surface area contributed by atoms with E-state index in [9.17, 15) is 4.57 Å². The highest BCUT2D eigenvalue weighted by Crippen LogP contribution is 2.56. The van der Waals surface area contributed by atoms with Crippen LogP contribution >= 0.6 is 7.29 Å². The lowest BCUT2D eigenvalue weighted by atomic mass is 9.83. The molecule has 24 heavy (non-hydrogen) atoms. The average molecular weight is 343 g/mol. The zero-order valence-electron chi connectivity index (χ0n) is 15.7. The second kappa shape index (κ2) is 6.86. The Bertz CT molecular complexity index is 696. The van der Waals surface area contributed by atoms with Gasteiger partial charge in [-0.15, -0.1) is 0 Å². The van der Waals surface area contributed by atoms with Gasteiger partial charge in [0.2, 0.25) is 0 Å². The molecule has 2 rings (SSSR count). The molecule has 2 atom stereocenters. The topological polar surface area (TPSA) is 29.1 Å². The Balaban J connectivity index is 2.53. The van der Waals surface area contributed by atoms with Crippen molar-refractivity contribution in [3.8, 4) is 0 Å². The highest BCUT2D eigenvalue weighted by Gasteiger charge is 2.42. The first-order valence-corrected chi connectivity index (χ1v) is 10.2. The van der Waals surface area contributed by atoms with Gasteiger partial charge in [-0.3, -0.25) is 5.09 Å². The number of rotatable bonds is 4. The van der Waals surface area contributed by atoms with Crippen molar-refractivity contribution in [3.63, 3.8) is 0 Å². The molecule has 1 unspecified atom stereocenters. The monoisotopic (exact) mass is 343 g/mol. The third kappa shape index (κ3) is 3.99. The summed E-state index contributed by atoms with van der Waals surface area (Å²) in [5.74, 6) is 0. The fraction of sp³-hybridized carbons (Fsp3) is 0.429. The summed E-state index contributed by atoms with van der Waals surface area (Å²) in [6.45, 7) is 12.7. The summed E-state index contributed by atoms with van der Waals surface area (Å²) in [6.07, 6.45) is 0. The lowest BCUT2D eigenvalue weighted by Gasteiger charge is -2.40. The second-order valence-electron chi connectivity index (χ2n) is 8.45. The molecular formula is C21H30NOP. The van der Waals surface area contributed by atoms with Crippen molar-refractivity contribution in [2.75, 3.05) is 0 Å². The first-order chi connectivity index (χ1) is 11.1. The molecule has 130 valence electrons. The molecule has 2 nitrogen and oxygen atoms in total. The van der Waals surface area contributed by atoms with Crippen LogP contribution in [0, 0.1) is 5.41 Å². The van der Waals surface area contributed by atoms with Crippen molar-refractivity contribution < 1.29 is 4.57 Å².